The maximum Gasteiger partial charge on any atom is 0.293 e. The number of hydrogen-bond acceptors (Lipinski definition) is 7. The van der Waals surface area contributed by atoms with Crippen molar-refractivity contribution in [2.24, 2.45) is 5.92 Å². The number of nitro benzene ring substituents is 1. The molecule has 0 amide bonds. The molecule has 1 aliphatic carbocycles. The van der Waals surface area contributed by atoms with Gasteiger partial charge in [-0.1, -0.05) is 13.0 Å². The normalized spacial score (nSPS) is 18.4. The van der Waals surface area contributed by atoms with Crippen LogP contribution in [0.5, 0.6) is 0 Å². The number of aryl methyl sites for hydroxylation is 1. The molecular formula is C24H23N5O3S. The van der Waals surface area contributed by atoms with E-state index in [1.165, 1.54) is 22.3 Å². The zero-order valence-corrected chi connectivity index (χ0v) is 19.1. The summed E-state index contributed by atoms with van der Waals surface area (Å²) in [5.74, 6) is 0.769. The number of fused-ring (bicyclic) bond motifs is 3. The fraction of sp³-hybridized carbons (Fsp3) is 0.375. The van der Waals surface area contributed by atoms with E-state index in [-0.39, 0.29) is 27.6 Å². The van der Waals surface area contributed by atoms with Gasteiger partial charge in [0, 0.05) is 24.0 Å². The number of hydrogen-bond donors (Lipinski definition) is 1. The van der Waals surface area contributed by atoms with Gasteiger partial charge in [-0.2, -0.15) is 5.26 Å². The minimum absolute atomic E-state index is 0.0138. The fourth-order valence-electron chi connectivity index (χ4n) is 4.80. The van der Waals surface area contributed by atoms with E-state index in [1.54, 1.807) is 18.2 Å². The molecule has 9 heteroatoms. The minimum Gasteiger partial charge on any atom is -0.366 e. The fourth-order valence-corrected chi connectivity index (χ4v) is 6.18. The number of benzene rings is 1. The molecule has 1 aliphatic heterocycles. The molecule has 33 heavy (non-hydrogen) atoms. The predicted octanol–water partition coefficient (Wildman–Crippen LogP) is 4.68. The highest BCUT2D eigenvalue weighted by atomic mass is 32.1. The van der Waals surface area contributed by atoms with E-state index in [4.69, 9.17) is 0 Å². The summed E-state index contributed by atoms with van der Waals surface area (Å²) in [6, 6.07) is 7.08. The van der Waals surface area contributed by atoms with Crippen molar-refractivity contribution in [2.75, 3.05) is 18.0 Å². The van der Waals surface area contributed by atoms with Gasteiger partial charge in [-0.25, -0.2) is 4.98 Å². The van der Waals surface area contributed by atoms with Crippen LogP contribution in [0.25, 0.3) is 21.9 Å². The van der Waals surface area contributed by atoms with Crippen LogP contribution in [0.15, 0.2) is 23.0 Å². The summed E-state index contributed by atoms with van der Waals surface area (Å²) in [6.07, 6.45) is 6.44. The van der Waals surface area contributed by atoms with Crippen LogP contribution in [0.3, 0.4) is 0 Å². The van der Waals surface area contributed by atoms with E-state index in [1.807, 2.05) is 4.90 Å². The summed E-state index contributed by atoms with van der Waals surface area (Å²) < 4.78 is 0. The van der Waals surface area contributed by atoms with Gasteiger partial charge in [0.05, 0.1) is 15.9 Å². The molecule has 1 unspecified atom stereocenters. The van der Waals surface area contributed by atoms with Crippen molar-refractivity contribution in [3.05, 3.63) is 60.5 Å². The van der Waals surface area contributed by atoms with Crippen LogP contribution in [-0.2, 0) is 12.8 Å². The van der Waals surface area contributed by atoms with E-state index in [9.17, 15) is 20.2 Å². The van der Waals surface area contributed by atoms with Gasteiger partial charge in [-0.15, -0.1) is 11.3 Å². The van der Waals surface area contributed by atoms with Gasteiger partial charge in [0.2, 0.25) is 0 Å². The highest BCUT2D eigenvalue weighted by Crippen LogP contribution is 2.36. The van der Waals surface area contributed by atoms with Crippen LogP contribution in [0, 0.1) is 27.4 Å². The Morgan fingerprint density at radius 1 is 1.39 bits per heavy atom. The first-order valence-electron chi connectivity index (χ1n) is 11.1. The Hall–Kier alpha value is -3.51. The number of nitriles is 1. The number of allylic oxidation sites excluding steroid dienone is 1. The zero-order valence-electron chi connectivity index (χ0n) is 18.3. The Kier molecular flexibility index (Phi) is 5.46. The molecule has 1 N–H and O–H groups in total. The summed E-state index contributed by atoms with van der Waals surface area (Å²) in [6.45, 7) is 3.81. The quantitative estimate of drug-likeness (QED) is 0.342. The van der Waals surface area contributed by atoms with Crippen molar-refractivity contribution >= 4 is 44.6 Å². The lowest BCUT2D eigenvalue weighted by Gasteiger charge is -2.17. The van der Waals surface area contributed by atoms with E-state index in [0.29, 0.717) is 27.4 Å². The van der Waals surface area contributed by atoms with Crippen LogP contribution >= 0.6 is 11.3 Å². The summed E-state index contributed by atoms with van der Waals surface area (Å²) >= 11 is 1.53. The summed E-state index contributed by atoms with van der Waals surface area (Å²) in [7, 11) is 0. The first-order chi connectivity index (χ1) is 15.9. The molecule has 168 valence electrons. The van der Waals surface area contributed by atoms with Gasteiger partial charge in [0.1, 0.15) is 16.6 Å². The van der Waals surface area contributed by atoms with Gasteiger partial charge >= 0.3 is 0 Å². The summed E-state index contributed by atoms with van der Waals surface area (Å²) in [5, 5.41) is 22.1. The lowest BCUT2D eigenvalue weighted by atomic mass is 9.89. The monoisotopic (exact) mass is 461 g/mol. The predicted molar refractivity (Wildman–Crippen MR) is 129 cm³/mol. The number of aromatic amines is 1. The summed E-state index contributed by atoms with van der Waals surface area (Å²) in [5.41, 5.74) is 2.14. The number of thiophene rings is 1. The Bertz CT molecular complexity index is 1390. The average Bonchev–Trinajstić information content (AvgIpc) is 3.44. The molecule has 1 aromatic carbocycles. The zero-order chi connectivity index (χ0) is 23.1. The van der Waals surface area contributed by atoms with Gasteiger partial charge in [0.25, 0.3) is 11.2 Å². The molecule has 1 atom stereocenters. The van der Waals surface area contributed by atoms with Crippen molar-refractivity contribution in [3.63, 3.8) is 0 Å². The lowest BCUT2D eigenvalue weighted by molar-refractivity contribution is -0.384. The first-order valence-corrected chi connectivity index (χ1v) is 12.0. The van der Waals surface area contributed by atoms with Crippen molar-refractivity contribution in [1.82, 2.24) is 9.97 Å². The number of rotatable bonds is 4. The lowest BCUT2D eigenvalue weighted by Crippen LogP contribution is -2.18. The number of nitrogens with zero attached hydrogens (tertiary/aromatic N) is 4. The number of aromatic nitrogens is 2. The van der Waals surface area contributed by atoms with E-state index in [0.717, 1.165) is 50.8 Å². The van der Waals surface area contributed by atoms with Crippen LogP contribution < -0.4 is 10.5 Å². The third kappa shape index (κ3) is 3.91. The van der Waals surface area contributed by atoms with Crippen LogP contribution in [0.2, 0.25) is 0 Å². The molecule has 0 spiro atoms. The molecular weight excluding hydrogens is 438 g/mol. The van der Waals surface area contributed by atoms with Crippen molar-refractivity contribution in [2.45, 2.75) is 39.0 Å². The number of anilines is 1. The second-order valence-electron chi connectivity index (χ2n) is 8.82. The number of nitro groups is 1. The molecule has 3 aromatic rings. The van der Waals surface area contributed by atoms with E-state index in [2.05, 4.69) is 23.0 Å². The third-order valence-electron chi connectivity index (χ3n) is 6.49. The Labute approximate surface area is 194 Å². The number of H-pyrrole nitrogens is 1. The van der Waals surface area contributed by atoms with E-state index < -0.39 is 0 Å². The molecule has 1 fully saturated rings. The molecule has 5 rings (SSSR count). The van der Waals surface area contributed by atoms with Gasteiger partial charge in [-0.05, 0) is 61.3 Å². The molecule has 3 heterocycles. The third-order valence-corrected chi connectivity index (χ3v) is 7.64. The van der Waals surface area contributed by atoms with Crippen molar-refractivity contribution in [1.29, 1.82) is 5.26 Å². The molecule has 0 radical (unpaired) electrons. The van der Waals surface area contributed by atoms with Gasteiger partial charge in [-0.3, -0.25) is 14.9 Å². The smallest absolute Gasteiger partial charge is 0.293 e. The Morgan fingerprint density at radius 3 is 2.91 bits per heavy atom. The van der Waals surface area contributed by atoms with Crippen LogP contribution in [0.1, 0.15) is 48.0 Å². The molecule has 2 aromatic heterocycles. The largest absolute Gasteiger partial charge is 0.366 e. The first kappa shape index (κ1) is 21.3. The van der Waals surface area contributed by atoms with E-state index >= 15 is 0 Å². The summed E-state index contributed by atoms with van der Waals surface area (Å²) in [4.78, 5) is 35.4. The number of nitrogens with one attached hydrogen (secondary N) is 1. The average molecular weight is 462 g/mol. The van der Waals surface area contributed by atoms with Gasteiger partial charge in [0.15, 0.2) is 5.82 Å². The SMILES string of the molecule is CC1CCc2c(sc3nc(C(C#N)=Cc4ccc(N5CCCC5)c([N+](=O)[O-])c4)[nH]c(=O)c23)C1. The minimum atomic E-state index is -0.389. The Balaban J connectivity index is 1.55. The molecule has 0 bridgehead atoms. The second kappa shape index (κ2) is 8.45. The van der Waals surface area contributed by atoms with Gasteiger partial charge < -0.3 is 9.88 Å². The highest BCUT2D eigenvalue weighted by Gasteiger charge is 2.24. The maximum atomic E-state index is 12.9. The second-order valence-corrected chi connectivity index (χ2v) is 9.90. The van der Waals surface area contributed by atoms with Crippen molar-refractivity contribution in [3.8, 4) is 6.07 Å². The van der Waals surface area contributed by atoms with Crippen LogP contribution in [0.4, 0.5) is 11.4 Å². The van der Waals surface area contributed by atoms with Crippen LogP contribution in [-0.4, -0.2) is 28.0 Å². The molecule has 0 saturated carbocycles. The standard InChI is InChI=1S/C24H23N5O3S/c1-14-4-6-17-20(10-14)33-24-21(17)23(30)26-22(27-24)16(13-25)11-15-5-7-18(19(12-15)29(31)32)28-8-2-3-9-28/h5,7,11-12,14H,2-4,6,8-10H2,1H3,(H,26,27,30). The molecule has 8 nitrogen and oxygen atoms in total. The topological polar surface area (TPSA) is 116 Å². The van der Waals surface area contributed by atoms with Crippen molar-refractivity contribution < 1.29 is 4.92 Å². The molecule has 2 aliphatic rings. The maximum absolute atomic E-state index is 12.9. The molecule has 1 saturated heterocycles. The highest BCUT2D eigenvalue weighted by molar-refractivity contribution is 7.18. The Morgan fingerprint density at radius 2 is 2.18 bits per heavy atom.